The lowest BCUT2D eigenvalue weighted by molar-refractivity contribution is 0.405. The number of allylic oxidation sites excluding steroid dienone is 2. The van der Waals surface area contributed by atoms with Gasteiger partial charge in [0.15, 0.2) is 5.65 Å². The summed E-state index contributed by atoms with van der Waals surface area (Å²) >= 11 is 0. The van der Waals surface area contributed by atoms with E-state index in [-0.39, 0.29) is 12.4 Å². The molecule has 0 unspecified atom stereocenters. The second-order valence-corrected chi connectivity index (χ2v) is 5.67. The second-order valence-electron chi connectivity index (χ2n) is 5.67. The Kier molecular flexibility index (Phi) is 4.83. The highest BCUT2D eigenvalue weighted by atomic mass is 19.1. The minimum absolute atomic E-state index is 0.228. The number of pyridine rings is 1. The van der Waals surface area contributed by atoms with Crippen LogP contribution < -0.4 is 15.8 Å². The molecule has 2 heterocycles. The molecule has 3 aromatic rings. The summed E-state index contributed by atoms with van der Waals surface area (Å²) < 4.78 is 21.1. The normalized spacial score (nSPS) is 12.0. The fourth-order valence-corrected chi connectivity index (χ4v) is 2.75. The summed E-state index contributed by atoms with van der Waals surface area (Å²) in [6.07, 6.45) is 2.74. The Balaban J connectivity index is 1.98. The first-order chi connectivity index (χ1) is 12.6. The molecule has 26 heavy (non-hydrogen) atoms. The van der Waals surface area contributed by atoms with Crippen LogP contribution in [0.15, 0.2) is 42.4 Å². The van der Waals surface area contributed by atoms with Crippen molar-refractivity contribution in [3.63, 3.8) is 0 Å². The average Bonchev–Trinajstić information content (AvgIpc) is 3.12. The van der Waals surface area contributed by atoms with Crippen LogP contribution in [0, 0.1) is 11.2 Å². The van der Waals surface area contributed by atoms with Crippen LogP contribution in [-0.2, 0) is 6.54 Å². The second kappa shape index (κ2) is 7.22. The van der Waals surface area contributed by atoms with Gasteiger partial charge in [0, 0.05) is 35.2 Å². The fraction of sp³-hybridized carbons (Fsp3) is 0.167. The number of methoxy groups -OCH3 is 1. The number of benzene rings is 1. The van der Waals surface area contributed by atoms with Crippen LogP contribution in [0.3, 0.4) is 0 Å². The monoisotopic (exact) mass is 354 g/mol. The molecule has 8 heteroatoms. The molecule has 3 rings (SSSR count). The van der Waals surface area contributed by atoms with Crippen molar-refractivity contribution in [2.45, 2.75) is 13.5 Å². The maximum absolute atomic E-state index is 14.1. The number of nitrogens with two attached hydrogens (primary N) is 1. The smallest absolute Gasteiger partial charge is 0.170 e. The van der Waals surface area contributed by atoms with E-state index in [9.17, 15) is 4.39 Å². The molecule has 0 aliphatic rings. The number of rotatable bonds is 6. The van der Waals surface area contributed by atoms with Crippen LogP contribution in [0.4, 0.5) is 10.2 Å². The Hall–Kier alpha value is -3.42. The first kappa shape index (κ1) is 17.4. The predicted octanol–water partition coefficient (Wildman–Crippen LogP) is 2.83. The van der Waals surface area contributed by atoms with Crippen LogP contribution in [0.5, 0.6) is 5.75 Å². The van der Waals surface area contributed by atoms with Gasteiger partial charge >= 0.3 is 0 Å². The summed E-state index contributed by atoms with van der Waals surface area (Å²) in [6, 6.07) is 8.32. The zero-order chi connectivity index (χ0) is 18.7. The summed E-state index contributed by atoms with van der Waals surface area (Å²) in [4.78, 5) is 0. The SMILES string of the molecule is COc1cccc(F)c1CNc1ccc(C(C=N)=C(C)N)c2nncn12. The van der Waals surface area contributed by atoms with E-state index in [2.05, 4.69) is 15.5 Å². The summed E-state index contributed by atoms with van der Waals surface area (Å²) in [7, 11) is 1.51. The number of anilines is 1. The van der Waals surface area contributed by atoms with Gasteiger partial charge in [-0.15, -0.1) is 10.2 Å². The standard InChI is InChI=1S/C18H19FN6O/c1-11(21)13(8-20)12-6-7-17(25-10-23-24-18(12)25)22-9-14-15(19)4-3-5-16(14)26-2/h3-8,10,20,22H,9,21H2,1-2H3. The quantitative estimate of drug-likeness (QED) is 0.591. The molecule has 0 aliphatic heterocycles. The Morgan fingerprint density at radius 1 is 1.38 bits per heavy atom. The molecule has 0 radical (unpaired) electrons. The first-order valence-electron chi connectivity index (χ1n) is 7.92. The highest BCUT2D eigenvalue weighted by Gasteiger charge is 2.13. The third-order valence-corrected chi connectivity index (χ3v) is 4.06. The Morgan fingerprint density at radius 2 is 2.19 bits per heavy atom. The van der Waals surface area contributed by atoms with Crippen molar-refractivity contribution < 1.29 is 9.13 Å². The van der Waals surface area contributed by atoms with Gasteiger partial charge in [0.05, 0.1) is 7.11 Å². The molecule has 0 saturated heterocycles. The Bertz CT molecular complexity index is 991. The molecule has 0 aliphatic carbocycles. The third-order valence-electron chi connectivity index (χ3n) is 4.06. The predicted molar refractivity (Wildman–Crippen MR) is 98.8 cm³/mol. The summed E-state index contributed by atoms with van der Waals surface area (Å²) in [5, 5.41) is 18.8. The molecular weight excluding hydrogens is 335 g/mol. The molecule has 0 atom stereocenters. The highest BCUT2D eigenvalue weighted by Crippen LogP contribution is 2.25. The fourth-order valence-electron chi connectivity index (χ4n) is 2.75. The van der Waals surface area contributed by atoms with E-state index in [1.165, 1.54) is 19.4 Å². The Morgan fingerprint density at radius 3 is 2.88 bits per heavy atom. The van der Waals surface area contributed by atoms with Crippen LogP contribution in [0.1, 0.15) is 18.1 Å². The van der Waals surface area contributed by atoms with E-state index in [0.717, 1.165) is 0 Å². The summed E-state index contributed by atoms with van der Waals surface area (Å²) in [5.74, 6) is 0.807. The third kappa shape index (κ3) is 3.08. The molecule has 4 N–H and O–H groups in total. The van der Waals surface area contributed by atoms with Crippen molar-refractivity contribution in [1.82, 2.24) is 14.6 Å². The maximum atomic E-state index is 14.1. The number of aromatic nitrogens is 3. The van der Waals surface area contributed by atoms with Crippen molar-refractivity contribution in [3.8, 4) is 5.75 Å². The zero-order valence-corrected chi connectivity index (χ0v) is 14.5. The van der Waals surface area contributed by atoms with Crippen LogP contribution in [0.25, 0.3) is 11.2 Å². The van der Waals surface area contributed by atoms with Crippen LogP contribution in [0.2, 0.25) is 0 Å². The van der Waals surface area contributed by atoms with Gasteiger partial charge in [0.25, 0.3) is 0 Å². The van der Waals surface area contributed by atoms with Gasteiger partial charge in [-0.2, -0.15) is 0 Å². The van der Waals surface area contributed by atoms with E-state index >= 15 is 0 Å². The van der Waals surface area contributed by atoms with E-state index < -0.39 is 0 Å². The number of hydrogen-bond acceptors (Lipinski definition) is 6. The van der Waals surface area contributed by atoms with E-state index in [1.807, 2.05) is 12.1 Å². The van der Waals surface area contributed by atoms with Gasteiger partial charge in [-0.25, -0.2) is 4.39 Å². The Labute approximate surface area is 149 Å². The van der Waals surface area contributed by atoms with E-state index in [0.29, 0.717) is 39.6 Å². The lowest BCUT2D eigenvalue weighted by atomic mass is 10.1. The number of ether oxygens (including phenoxy) is 1. The minimum Gasteiger partial charge on any atom is -0.496 e. The van der Waals surface area contributed by atoms with Gasteiger partial charge in [-0.1, -0.05) is 6.07 Å². The van der Waals surface area contributed by atoms with Crippen molar-refractivity contribution in [2.24, 2.45) is 5.73 Å². The number of halogens is 1. The summed E-state index contributed by atoms with van der Waals surface area (Å²) in [6.45, 7) is 1.95. The van der Waals surface area contributed by atoms with E-state index in [1.54, 1.807) is 29.8 Å². The van der Waals surface area contributed by atoms with Gasteiger partial charge in [0.2, 0.25) is 0 Å². The molecule has 0 amide bonds. The summed E-state index contributed by atoms with van der Waals surface area (Å²) in [5.41, 5.74) is 8.63. The maximum Gasteiger partial charge on any atom is 0.170 e. The largest absolute Gasteiger partial charge is 0.496 e. The van der Waals surface area contributed by atoms with Crippen molar-refractivity contribution in [3.05, 3.63) is 59.3 Å². The number of fused-ring (bicyclic) bond motifs is 1. The number of nitrogens with one attached hydrogen (secondary N) is 2. The van der Waals surface area contributed by atoms with Crippen molar-refractivity contribution in [2.75, 3.05) is 12.4 Å². The molecule has 2 aromatic heterocycles. The van der Waals surface area contributed by atoms with Gasteiger partial charge < -0.3 is 21.2 Å². The van der Waals surface area contributed by atoms with Crippen molar-refractivity contribution in [1.29, 1.82) is 5.41 Å². The molecule has 1 aromatic carbocycles. The molecule has 0 fully saturated rings. The molecule has 0 bridgehead atoms. The van der Waals surface area contributed by atoms with Crippen molar-refractivity contribution >= 4 is 23.3 Å². The highest BCUT2D eigenvalue weighted by molar-refractivity contribution is 6.11. The van der Waals surface area contributed by atoms with Crippen LogP contribution in [-0.4, -0.2) is 27.9 Å². The molecule has 0 saturated carbocycles. The van der Waals surface area contributed by atoms with Crippen LogP contribution >= 0.6 is 0 Å². The number of hydrogen-bond donors (Lipinski definition) is 3. The van der Waals surface area contributed by atoms with Gasteiger partial charge in [-0.05, 0) is 31.2 Å². The molecule has 7 nitrogen and oxygen atoms in total. The van der Waals surface area contributed by atoms with E-state index in [4.69, 9.17) is 15.9 Å². The molecule has 0 spiro atoms. The lowest BCUT2D eigenvalue weighted by Crippen LogP contribution is -2.08. The molecular formula is C18H19FN6O. The topological polar surface area (TPSA) is 101 Å². The first-order valence-corrected chi connectivity index (χ1v) is 7.92. The average molecular weight is 354 g/mol. The van der Waals surface area contributed by atoms with Gasteiger partial charge in [0.1, 0.15) is 23.7 Å². The lowest BCUT2D eigenvalue weighted by Gasteiger charge is -2.14. The van der Waals surface area contributed by atoms with Gasteiger partial charge in [-0.3, -0.25) is 4.40 Å². The zero-order valence-electron chi connectivity index (χ0n) is 14.5. The number of nitrogens with zero attached hydrogens (tertiary/aromatic N) is 3. The molecule has 134 valence electrons. The minimum atomic E-state index is -0.346.